The monoisotopic (exact) mass is 401 g/mol. The third kappa shape index (κ3) is 4.90. The van der Waals surface area contributed by atoms with Crippen LogP contribution in [-0.2, 0) is 19.6 Å². The highest BCUT2D eigenvalue weighted by molar-refractivity contribution is 7.89. The summed E-state index contributed by atoms with van der Waals surface area (Å²) in [6, 6.07) is 2.85. The van der Waals surface area contributed by atoms with Crippen LogP contribution in [0, 0.1) is 0 Å². The number of sulfonamides is 1. The van der Waals surface area contributed by atoms with Crippen molar-refractivity contribution < 1.29 is 32.8 Å². The lowest BCUT2D eigenvalue weighted by atomic mass is 10.2. The van der Waals surface area contributed by atoms with Crippen LogP contribution >= 0.6 is 0 Å². The normalized spacial score (nSPS) is 12.0. The minimum absolute atomic E-state index is 0.0571. The van der Waals surface area contributed by atoms with E-state index in [1.807, 2.05) is 0 Å². The van der Waals surface area contributed by atoms with Crippen LogP contribution < -0.4 is 5.32 Å². The van der Waals surface area contributed by atoms with Crippen molar-refractivity contribution in [2.75, 3.05) is 45.6 Å². The van der Waals surface area contributed by atoms with Crippen molar-refractivity contribution in [1.82, 2.24) is 19.5 Å². The first-order valence-corrected chi connectivity index (χ1v) is 9.14. The summed E-state index contributed by atoms with van der Waals surface area (Å²) in [5, 5.41) is 28.0. The Morgan fingerprint density at radius 2 is 1.70 bits per heavy atom. The van der Waals surface area contributed by atoms with Gasteiger partial charge in [-0.3, -0.25) is 14.5 Å². The highest BCUT2D eigenvalue weighted by Gasteiger charge is 2.24. The van der Waals surface area contributed by atoms with Gasteiger partial charge in [0.2, 0.25) is 10.0 Å². The van der Waals surface area contributed by atoms with Crippen LogP contribution in [0.1, 0.15) is 0 Å². The number of aromatic nitrogens is 2. The number of aliphatic carboxylic acids is 2. The summed E-state index contributed by atoms with van der Waals surface area (Å²) in [5.41, 5.74) is 0.678. The molecule has 0 spiro atoms. The van der Waals surface area contributed by atoms with E-state index in [9.17, 15) is 18.0 Å². The quantitative estimate of drug-likeness (QED) is 0.463. The van der Waals surface area contributed by atoms with Gasteiger partial charge in [0.15, 0.2) is 11.0 Å². The standard InChI is InChI=1S/C14H19N5O7S/c1-18(2)27(24,25)10-4-3-9(13-14(10)17-26-16-13)15-5-6-19(7-11(20)21)8-12(22)23/h3-4,15H,5-8H2,1-2H3,(H,20,21)(H,22,23). The molecule has 0 fully saturated rings. The molecular formula is C14H19N5O7S. The highest BCUT2D eigenvalue weighted by Crippen LogP contribution is 2.28. The first-order chi connectivity index (χ1) is 12.6. The number of carboxylic acids is 2. The second-order valence-corrected chi connectivity index (χ2v) is 7.91. The molecule has 0 saturated heterocycles. The lowest BCUT2D eigenvalue weighted by Crippen LogP contribution is -2.37. The Labute approximate surface area is 154 Å². The summed E-state index contributed by atoms with van der Waals surface area (Å²) in [7, 11) is -0.968. The molecule has 0 aliphatic heterocycles. The predicted octanol–water partition coefficient (Wildman–Crippen LogP) is -0.644. The number of benzene rings is 1. The fraction of sp³-hybridized carbons (Fsp3) is 0.429. The molecular weight excluding hydrogens is 382 g/mol. The molecule has 1 heterocycles. The average Bonchev–Trinajstić information content (AvgIpc) is 3.03. The van der Waals surface area contributed by atoms with Gasteiger partial charge in [-0.05, 0) is 22.4 Å². The molecule has 148 valence electrons. The van der Waals surface area contributed by atoms with Gasteiger partial charge in [-0.1, -0.05) is 0 Å². The van der Waals surface area contributed by atoms with Gasteiger partial charge in [0, 0.05) is 27.2 Å². The second-order valence-electron chi connectivity index (χ2n) is 5.79. The summed E-state index contributed by atoms with van der Waals surface area (Å²) in [6.45, 7) is -0.519. The van der Waals surface area contributed by atoms with E-state index in [1.54, 1.807) is 0 Å². The molecule has 27 heavy (non-hydrogen) atoms. The Hall–Kier alpha value is -2.77. The zero-order chi connectivity index (χ0) is 20.2. The van der Waals surface area contributed by atoms with Crippen LogP contribution in [0.15, 0.2) is 21.7 Å². The van der Waals surface area contributed by atoms with Gasteiger partial charge >= 0.3 is 11.9 Å². The molecule has 0 amide bonds. The first kappa shape index (κ1) is 20.5. The molecule has 2 aromatic rings. The minimum Gasteiger partial charge on any atom is -0.480 e. The highest BCUT2D eigenvalue weighted by atomic mass is 32.2. The molecule has 1 aromatic carbocycles. The molecule has 1 aromatic heterocycles. The predicted molar refractivity (Wildman–Crippen MR) is 92.9 cm³/mol. The Balaban J connectivity index is 2.17. The molecule has 0 aliphatic carbocycles. The summed E-state index contributed by atoms with van der Waals surface area (Å²) in [5.74, 6) is -2.28. The second kappa shape index (κ2) is 8.28. The van der Waals surface area contributed by atoms with E-state index in [0.717, 1.165) is 4.31 Å². The van der Waals surface area contributed by atoms with Gasteiger partial charge in [0.1, 0.15) is 4.90 Å². The van der Waals surface area contributed by atoms with Gasteiger partial charge in [-0.25, -0.2) is 17.4 Å². The smallest absolute Gasteiger partial charge is 0.317 e. The molecule has 2 rings (SSSR count). The van der Waals surface area contributed by atoms with Crippen molar-refractivity contribution in [2.24, 2.45) is 0 Å². The Morgan fingerprint density at radius 3 is 2.26 bits per heavy atom. The lowest BCUT2D eigenvalue weighted by molar-refractivity contribution is -0.141. The van der Waals surface area contributed by atoms with Crippen LogP contribution in [0.2, 0.25) is 0 Å². The number of fused-ring (bicyclic) bond motifs is 1. The van der Waals surface area contributed by atoms with Crippen molar-refractivity contribution in [2.45, 2.75) is 4.90 Å². The number of nitrogens with one attached hydrogen (secondary N) is 1. The number of carboxylic acid groups (broad SMARTS) is 2. The Morgan fingerprint density at radius 1 is 1.11 bits per heavy atom. The largest absolute Gasteiger partial charge is 0.480 e. The van der Waals surface area contributed by atoms with Gasteiger partial charge in [-0.15, -0.1) is 0 Å². The van der Waals surface area contributed by atoms with E-state index in [4.69, 9.17) is 10.2 Å². The van der Waals surface area contributed by atoms with Gasteiger partial charge in [-0.2, -0.15) is 0 Å². The van der Waals surface area contributed by atoms with Crippen molar-refractivity contribution in [3.63, 3.8) is 0 Å². The average molecular weight is 401 g/mol. The van der Waals surface area contributed by atoms with Gasteiger partial charge in [0.25, 0.3) is 0 Å². The number of rotatable bonds is 10. The molecule has 0 radical (unpaired) electrons. The topological polar surface area (TPSA) is 166 Å². The zero-order valence-corrected chi connectivity index (χ0v) is 15.4. The molecule has 0 saturated carbocycles. The molecule has 12 nitrogen and oxygen atoms in total. The van der Waals surface area contributed by atoms with Gasteiger partial charge < -0.3 is 15.5 Å². The number of hydrogen-bond donors (Lipinski definition) is 3. The van der Waals surface area contributed by atoms with E-state index in [0.29, 0.717) is 5.69 Å². The maximum atomic E-state index is 12.3. The molecule has 0 aliphatic rings. The number of anilines is 1. The zero-order valence-electron chi connectivity index (χ0n) is 14.6. The third-order valence-electron chi connectivity index (χ3n) is 3.60. The summed E-state index contributed by atoms with van der Waals surface area (Å²) in [4.78, 5) is 22.8. The van der Waals surface area contributed by atoms with Crippen LogP contribution in [0.4, 0.5) is 5.69 Å². The van der Waals surface area contributed by atoms with E-state index in [2.05, 4.69) is 20.3 Å². The Bertz CT molecular complexity index is 924. The maximum Gasteiger partial charge on any atom is 0.317 e. The number of hydrogen-bond acceptors (Lipinski definition) is 9. The SMILES string of the molecule is CN(C)S(=O)(=O)c1ccc(NCCN(CC(=O)O)CC(=O)O)c2nonc12. The van der Waals surface area contributed by atoms with E-state index >= 15 is 0 Å². The Kier molecular flexibility index (Phi) is 6.30. The molecule has 0 bridgehead atoms. The minimum atomic E-state index is -3.75. The van der Waals surface area contributed by atoms with Crippen LogP contribution in [0.25, 0.3) is 11.0 Å². The van der Waals surface area contributed by atoms with Gasteiger partial charge in [0.05, 0.1) is 18.8 Å². The van der Waals surface area contributed by atoms with Crippen molar-refractivity contribution >= 4 is 38.7 Å². The fourth-order valence-corrected chi connectivity index (χ4v) is 3.35. The summed E-state index contributed by atoms with van der Waals surface area (Å²) in [6.07, 6.45) is 0. The fourth-order valence-electron chi connectivity index (χ4n) is 2.34. The lowest BCUT2D eigenvalue weighted by Gasteiger charge is -2.18. The van der Waals surface area contributed by atoms with Crippen LogP contribution in [0.3, 0.4) is 0 Å². The van der Waals surface area contributed by atoms with Crippen molar-refractivity contribution in [3.05, 3.63) is 12.1 Å². The number of nitrogens with zero attached hydrogens (tertiary/aromatic N) is 4. The van der Waals surface area contributed by atoms with Crippen molar-refractivity contribution in [1.29, 1.82) is 0 Å². The summed E-state index contributed by atoms with van der Waals surface area (Å²) < 4.78 is 30.4. The first-order valence-electron chi connectivity index (χ1n) is 7.70. The molecule has 3 N–H and O–H groups in total. The number of carbonyl (C=O) groups is 2. The van der Waals surface area contributed by atoms with Crippen LogP contribution in [-0.4, -0.2) is 90.4 Å². The van der Waals surface area contributed by atoms with Crippen LogP contribution in [0.5, 0.6) is 0 Å². The molecule has 0 atom stereocenters. The van der Waals surface area contributed by atoms with Crippen molar-refractivity contribution in [3.8, 4) is 0 Å². The van der Waals surface area contributed by atoms with E-state index in [-0.39, 0.29) is 29.0 Å². The molecule has 0 unspecified atom stereocenters. The third-order valence-corrected chi connectivity index (χ3v) is 5.44. The van der Waals surface area contributed by atoms with E-state index in [1.165, 1.54) is 31.1 Å². The van der Waals surface area contributed by atoms with E-state index < -0.39 is 35.1 Å². The maximum absolute atomic E-state index is 12.3. The summed E-state index contributed by atoms with van der Waals surface area (Å²) >= 11 is 0. The molecule has 13 heteroatoms.